The lowest BCUT2D eigenvalue weighted by Crippen LogP contribution is -2.51. The van der Waals surface area contributed by atoms with E-state index in [0.717, 1.165) is 0 Å². The second kappa shape index (κ2) is 6.52. The fourth-order valence-electron chi connectivity index (χ4n) is 0.907. The van der Waals surface area contributed by atoms with Crippen LogP contribution < -0.4 is 0 Å². The predicted octanol–water partition coefficient (Wildman–Crippen LogP) is -4.06. The number of carbonyl (C=O) groups is 1. The fraction of sp³-hybridized carbons (Fsp3) is 0.833. The van der Waals surface area contributed by atoms with Crippen molar-refractivity contribution < 1.29 is 54.3 Å². The maximum atomic E-state index is 10.3. The fourth-order valence-corrected chi connectivity index (χ4v) is 1.31. The molecule has 0 aliphatic heterocycles. The van der Waals surface area contributed by atoms with Crippen molar-refractivity contribution in [3.05, 3.63) is 0 Å². The Kier molecular flexibility index (Phi) is 6.29. The summed E-state index contributed by atoms with van der Waals surface area (Å²) in [4.78, 5) is 26.8. The average Bonchev–Trinajstić information content (AvgIpc) is 2.22. The molecule has 108 valence electrons. The zero-order chi connectivity index (χ0) is 14.7. The first kappa shape index (κ1) is 17.4. The number of rotatable bonds is 7. The monoisotopic (exact) mass is 292 g/mol. The first-order valence-electron chi connectivity index (χ1n) is 4.34. The summed E-state index contributed by atoms with van der Waals surface area (Å²) in [7, 11) is -5.17. The molecule has 0 aliphatic rings. The minimum atomic E-state index is -5.17. The van der Waals surface area contributed by atoms with Crippen LogP contribution in [0.15, 0.2) is 0 Å². The molecule has 0 heterocycles. The summed E-state index contributed by atoms with van der Waals surface area (Å²) in [5.41, 5.74) is 0. The number of aliphatic carboxylic acids is 1. The Labute approximate surface area is 99.7 Å². The van der Waals surface area contributed by atoms with Gasteiger partial charge in [-0.25, -0.2) is 9.36 Å². The number of carboxylic acids is 1. The molecule has 0 aliphatic carbocycles. The quantitative estimate of drug-likeness (QED) is 0.167. The first-order valence-corrected chi connectivity index (χ1v) is 5.87. The number of carboxylic acid groups (broad SMARTS) is 1. The highest BCUT2D eigenvalue weighted by atomic mass is 31.2. The van der Waals surface area contributed by atoms with Crippen LogP contribution in [-0.4, -0.2) is 77.1 Å². The number of hydrogen-bond acceptors (Lipinski definition) is 8. The van der Waals surface area contributed by atoms with Crippen LogP contribution in [0.4, 0.5) is 0 Å². The average molecular weight is 292 g/mol. The summed E-state index contributed by atoms with van der Waals surface area (Å²) >= 11 is 0. The standard InChI is InChI=1S/C6H13O11P/c7-1(3(9)5(11)12)2(8)4(10)6(13)17-18(14,15)16/h1-4,6-10,13H,(H,11,12)(H2,14,15,16). The molecule has 5 unspecified atom stereocenters. The topological polar surface area (TPSA) is 205 Å². The minimum absolute atomic E-state index is 1.92. The zero-order valence-corrected chi connectivity index (χ0v) is 9.53. The van der Waals surface area contributed by atoms with Gasteiger partial charge in [0.2, 0.25) is 0 Å². The van der Waals surface area contributed by atoms with E-state index >= 15 is 0 Å². The normalized spacial score (nSPS) is 20.8. The molecule has 12 heteroatoms. The molecular formula is C6H13O11P. The van der Waals surface area contributed by atoms with Crippen molar-refractivity contribution in [3.8, 4) is 0 Å². The maximum absolute atomic E-state index is 10.3. The van der Waals surface area contributed by atoms with Crippen molar-refractivity contribution in [2.45, 2.75) is 30.7 Å². The van der Waals surface area contributed by atoms with Crippen LogP contribution in [0.3, 0.4) is 0 Å². The molecule has 0 rings (SSSR count). The van der Waals surface area contributed by atoms with E-state index in [1.807, 2.05) is 0 Å². The molecule has 0 amide bonds. The molecule has 18 heavy (non-hydrogen) atoms. The van der Waals surface area contributed by atoms with Gasteiger partial charge in [0.25, 0.3) is 0 Å². The van der Waals surface area contributed by atoms with E-state index in [1.54, 1.807) is 0 Å². The Hall–Kier alpha value is -0.620. The smallest absolute Gasteiger partial charge is 0.472 e. The van der Waals surface area contributed by atoms with E-state index in [4.69, 9.17) is 40.4 Å². The summed E-state index contributed by atoms with van der Waals surface area (Å²) in [5, 5.41) is 53.4. The predicted molar refractivity (Wildman–Crippen MR) is 50.8 cm³/mol. The van der Waals surface area contributed by atoms with Crippen LogP contribution in [0.2, 0.25) is 0 Å². The Bertz CT molecular complexity index is 325. The summed E-state index contributed by atoms with van der Waals surface area (Å²) in [6.45, 7) is 0. The van der Waals surface area contributed by atoms with Gasteiger partial charge in [0.05, 0.1) is 0 Å². The largest absolute Gasteiger partial charge is 0.479 e. The second-order valence-corrected chi connectivity index (χ2v) is 4.43. The number of hydrogen-bond donors (Lipinski definition) is 8. The molecular weight excluding hydrogens is 279 g/mol. The molecule has 0 aromatic carbocycles. The molecule has 0 fully saturated rings. The summed E-state index contributed by atoms with van der Waals surface area (Å²) < 4.78 is 13.9. The summed E-state index contributed by atoms with van der Waals surface area (Å²) in [5.74, 6) is -1.92. The van der Waals surface area contributed by atoms with Crippen molar-refractivity contribution in [1.82, 2.24) is 0 Å². The van der Waals surface area contributed by atoms with Gasteiger partial charge in [0.15, 0.2) is 12.4 Å². The SMILES string of the molecule is O=C(O)C(O)C(O)C(O)C(O)C(O)OP(=O)(O)O. The van der Waals surface area contributed by atoms with Gasteiger partial charge < -0.3 is 40.4 Å². The molecule has 0 bridgehead atoms. The summed E-state index contributed by atoms with van der Waals surface area (Å²) in [6, 6.07) is 0. The van der Waals surface area contributed by atoms with Gasteiger partial charge in [0, 0.05) is 0 Å². The van der Waals surface area contributed by atoms with E-state index in [0.29, 0.717) is 0 Å². The highest BCUT2D eigenvalue weighted by molar-refractivity contribution is 7.46. The molecule has 0 radical (unpaired) electrons. The molecule has 11 nitrogen and oxygen atoms in total. The lowest BCUT2D eigenvalue weighted by Gasteiger charge is -2.27. The van der Waals surface area contributed by atoms with Gasteiger partial charge in [-0.1, -0.05) is 0 Å². The molecule has 0 saturated carbocycles. The molecule has 0 aromatic heterocycles. The van der Waals surface area contributed by atoms with Gasteiger partial charge >= 0.3 is 13.8 Å². The van der Waals surface area contributed by atoms with E-state index in [-0.39, 0.29) is 0 Å². The van der Waals surface area contributed by atoms with Crippen LogP contribution in [-0.2, 0) is 13.9 Å². The van der Waals surface area contributed by atoms with Gasteiger partial charge in [-0.05, 0) is 0 Å². The van der Waals surface area contributed by atoms with Crippen molar-refractivity contribution in [3.63, 3.8) is 0 Å². The van der Waals surface area contributed by atoms with E-state index < -0.39 is 44.5 Å². The number of phosphoric acid groups is 1. The van der Waals surface area contributed by atoms with E-state index in [1.165, 1.54) is 0 Å². The minimum Gasteiger partial charge on any atom is -0.479 e. The van der Waals surface area contributed by atoms with Gasteiger partial charge in [-0.3, -0.25) is 4.52 Å². The van der Waals surface area contributed by atoms with E-state index in [9.17, 15) is 9.36 Å². The molecule has 8 N–H and O–H groups in total. The zero-order valence-electron chi connectivity index (χ0n) is 8.64. The van der Waals surface area contributed by atoms with Gasteiger partial charge in [-0.15, -0.1) is 0 Å². The number of aliphatic hydroxyl groups is 5. The summed E-state index contributed by atoms with van der Waals surface area (Å²) in [6.07, 6.45) is -12.4. The van der Waals surface area contributed by atoms with Crippen LogP contribution in [0.5, 0.6) is 0 Å². The van der Waals surface area contributed by atoms with Crippen LogP contribution in [0.1, 0.15) is 0 Å². The lowest BCUT2D eigenvalue weighted by molar-refractivity contribution is -0.190. The van der Waals surface area contributed by atoms with Crippen LogP contribution in [0.25, 0.3) is 0 Å². The molecule has 0 spiro atoms. The molecule has 5 atom stereocenters. The highest BCUT2D eigenvalue weighted by Gasteiger charge is 2.39. The second-order valence-electron chi connectivity index (χ2n) is 3.24. The highest BCUT2D eigenvalue weighted by Crippen LogP contribution is 2.37. The molecule has 0 aromatic rings. The Morgan fingerprint density at radius 2 is 1.39 bits per heavy atom. The number of phosphoric ester groups is 1. The van der Waals surface area contributed by atoms with Crippen molar-refractivity contribution in [1.29, 1.82) is 0 Å². The van der Waals surface area contributed by atoms with Crippen molar-refractivity contribution >= 4 is 13.8 Å². The first-order chi connectivity index (χ1) is 7.97. The van der Waals surface area contributed by atoms with Crippen molar-refractivity contribution in [2.75, 3.05) is 0 Å². The third kappa shape index (κ3) is 5.35. The van der Waals surface area contributed by atoms with Crippen LogP contribution >= 0.6 is 7.82 Å². The Morgan fingerprint density at radius 1 is 0.944 bits per heavy atom. The lowest BCUT2D eigenvalue weighted by atomic mass is 10.0. The third-order valence-corrected chi connectivity index (χ3v) is 2.30. The van der Waals surface area contributed by atoms with Gasteiger partial charge in [-0.2, -0.15) is 0 Å². The van der Waals surface area contributed by atoms with Crippen LogP contribution in [0, 0.1) is 0 Å². The number of aliphatic hydroxyl groups excluding tert-OH is 5. The Morgan fingerprint density at radius 3 is 1.72 bits per heavy atom. The Balaban J connectivity index is 4.63. The molecule has 0 saturated heterocycles. The maximum Gasteiger partial charge on any atom is 0.472 e. The van der Waals surface area contributed by atoms with Gasteiger partial charge in [0.1, 0.15) is 18.3 Å². The third-order valence-electron chi connectivity index (χ3n) is 1.81. The van der Waals surface area contributed by atoms with E-state index in [2.05, 4.69) is 4.52 Å². The van der Waals surface area contributed by atoms with Crippen molar-refractivity contribution in [2.24, 2.45) is 0 Å².